The average molecular weight is 462 g/mol. The van der Waals surface area contributed by atoms with Crippen LogP contribution in [-0.4, -0.2) is 37.9 Å². The minimum absolute atomic E-state index is 0.119. The molecule has 0 saturated carbocycles. The summed E-state index contributed by atoms with van der Waals surface area (Å²) in [5.74, 6) is 0. The summed E-state index contributed by atoms with van der Waals surface area (Å²) in [6.45, 7) is 0.884. The van der Waals surface area contributed by atoms with Gasteiger partial charge in [0.15, 0.2) is 0 Å². The van der Waals surface area contributed by atoms with Crippen LogP contribution in [0.3, 0.4) is 0 Å². The van der Waals surface area contributed by atoms with Gasteiger partial charge in [-0.2, -0.15) is 4.31 Å². The molecule has 0 radical (unpaired) electrons. The second-order valence-corrected chi connectivity index (χ2v) is 10.4. The first-order valence-electron chi connectivity index (χ1n) is 8.93. The third-order valence-electron chi connectivity index (χ3n) is 4.57. The standard InChI is InChI=1S/C18H21Cl2N3O3S2/c19-15-7-6-13(12-16(15)20)22-18(24)21-9-8-14-4-1-2-10-23(14)28(25,26)17-5-3-11-27-17/h3,5-7,11-12,14H,1-2,4,8-10H2,(H2,21,22,24). The van der Waals surface area contributed by atoms with Crippen molar-refractivity contribution in [1.82, 2.24) is 9.62 Å². The van der Waals surface area contributed by atoms with Crippen molar-refractivity contribution < 1.29 is 13.2 Å². The molecule has 28 heavy (non-hydrogen) atoms. The van der Waals surface area contributed by atoms with Gasteiger partial charge in [-0.05, 0) is 48.9 Å². The molecule has 1 aliphatic rings. The van der Waals surface area contributed by atoms with E-state index < -0.39 is 10.0 Å². The number of anilines is 1. The van der Waals surface area contributed by atoms with E-state index in [0.717, 1.165) is 19.3 Å². The van der Waals surface area contributed by atoms with Crippen molar-refractivity contribution in [1.29, 1.82) is 0 Å². The molecule has 2 N–H and O–H groups in total. The Hall–Kier alpha value is -1.32. The quantitative estimate of drug-likeness (QED) is 0.647. The molecule has 2 aromatic rings. The van der Waals surface area contributed by atoms with Gasteiger partial charge in [-0.15, -0.1) is 11.3 Å². The number of carbonyl (C=O) groups is 1. The molecule has 2 amide bonds. The number of amides is 2. The van der Waals surface area contributed by atoms with Crippen LogP contribution >= 0.6 is 34.5 Å². The van der Waals surface area contributed by atoms with Gasteiger partial charge in [0, 0.05) is 24.8 Å². The summed E-state index contributed by atoms with van der Waals surface area (Å²) >= 11 is 13.0. The molecular formula is C18H21Cl2N3O3S2. The molecule has 152 valence electrons. The zero-order valence-corrected chi connectivity index (χ0v) is 18.2. The van der Waals surface area contributed by atoms with Gasteiger partial charge in [-0.25, -0.2) is 13.2 Å². The summed E-state index contributed by atoms with van der Waals surface area (Å²) in [7, 11) is -3.48. The minimum atomic E-state index is -3.48. The smallest absolute Gasteiger partial charge is 0.319 e. The van der Waals surface area contributed by atoms with E-state index >= 15 is 0 Å². The zero-order valence-electron chi connectivity index (χ0n) is 15.0. The molecule has 2 heterocycles. The fourth-order valence-electron chi connectivity index (χ4n) is 3.21. The van der Waals surface area contributed by atoms with Gasteiger partial charge in [-0.1, -0.05) is 35.7 Å². The number of nitrogens with one attached hydrogen (secondary N) is 2. The third-order valence-corrected chi connectivity index (χ3v) is 8.64. The largest absolute Gasteiger partial charge is 0.338 e. The van der Waals surface area contributed by atoms with Crippen molar-refractivity contribution >= 4 is 56.3 Å². The fourth-order valence-corrected chi connectivity index (χ4v) is 6.35. The maximum Gasteiger partial charge on any atom is 0.319 e. The normalized spacial score (nSPS) is 18.0. The van der Waals surface area contributed by atoms with Crippen LogP contribution in [0.15, 0.2) is 39.9 Å². The number of urea groups is 1. The van der Waals surface area contributed by atoms with Crippen LogP contribution in [0.2, 0.25) is 10.0 Å². The van der Waals surface area contributed by atoms with E-state index in [-0.39, 0.29) is 12.1 Å². The molecule has 0 aliphatic carbocycles. The van der Waals surface area contributed by atoms with Gasteiger partial charge in [0.25, 0.3) is 10.0 Å². The van der Waals surface area contributed by atoms with Crippen molar-refractivity contribution in [3.05, 3.63) is 45.8 Å². The Balaban J connectivity index is 1.55. The molecule has 1 aromatic heterocycles. The van der Waals surface area contributed by atoms with E-state index in [2.05, 4.69) is 10.6 Å². The maximum atomic E-state index is 12.9. The Morgan fingerprint density at radius 3 is 2.75 bits per heavy atom. The number of carbonyl (C=O) groups excluding carboxylic acids is 1. The van der Waals surface area contributed by atoms with Crippen molar-refractivity contribution in [2.24, 2.45) is 0 Å². The van der Waals surface area contributed by atoms with E-state index in [0.29, 0.717) is 39.5 Å². The number of hydrogen-bond donors (Lipinski definition) is 2. The molecule has 1 aliphatic heterocycles. The fraction of sp³-hybridized carbons (Fsp3) is 0.389. The van der Waals surface area contributed by atoms with Crippen LogP contribution in [0, 0.1) is 0 Å². The van der Waals surface area contributed by atoms with Crippen LogP contribution in [-0.2, 0) is 10.0 Å². The second-order valence-electron chi connectivity index (χ2n) is 6.50. The van der Waals surface area contributed by atoms with E-state index in [1.54, 1.807) is 40.0 Å². The van der Waals surface area contributed by atoms with Crippen molar-refractivity contribution in [3.8, 4) is 0 Å². The lowest BCUT2D eigenvalue weighted by Crippen LogP contribution is -2.45. The number of hydrogen-bond acceptors (Lipinski definition) is 4. The van der Waals surface area contributed by atoms with Gasteiger partial charge in [0.2, 0.25) is 0 Å². The highest BCUT2D eigenvalue weighted by atomic mass is 35.5. The van der Waals surface area contributed by atoms with E-state index in [9.17, 15) is 13.2 Å². The summed E-state index contributed by atoms with van der Waals surface area (Å²) in [6, 6.07) is 7.71. The van der Waals surface area contributed by atoms with Gasteiger partial charge in [-0.3, -0.25) is 0 Å². The van der Waals surface area contributed by atoms with E-state index in [1.165, 1.54) is 11.3 Å². The number of benzene rings is 1. The molecule has 1 saturated heterocycles. The topological polar surface area (TPSA) is 78.5 Å². The minimum Gasteiger partial charge on any atom is -0.338 e. The molecule has 0 bridgehead atoms. The lowest BCUT2D eigenvalue weighted by molar-refractivity contribution is 0.234. The Morgan fingerprint density at radius 2 is 2.04 bits per heavy atom. The van der Waals surface area contributed by atoms with Gasteiger partial charge in [0.05, 0.1) is 10.0 Å². The van der Waals surface area contributed by atoms with Gasteiger partial charge in [0.1, 0.15) is 4.21 Å². The number of thiophene rings is 1. The van der Waals surface area contributed by atoms with E-state index in [1.807, 2.05) is 0 Å². The predicted octanol–water partition coefficient (Wildman–Crippen LogP) is 4.81. The molecule has 1 unspecified atom stereocenters. The Labute approximate surface area is 178 Å². The van der Waals surface area contributed by atoms with Crippen LogP contribution in [0.5, 0.6) is 0 Å². The highest BCUT2D eigenvalue weighted by molar-refractivity contribution is 7.91. The lowest BCUT2D eigenvalue weighted by Gasteiger charge is -2.34. The number of nitrogens with zero attached hydrogens (tertiary/aromatic N) is 1. The monoisotopic (exact) mass is 461 g/mol. The first-order chi connectivity index (χ1) is 13.4. The molecule has 1 atom stereocenters. The first-order valence-corrected chi connectivity index (χ1v) is 12.0. The number of sulfonamides is 1. The number of piperidine rings is 1. The SMILES string of the molecule is O=C(NCCC1CCCCN1S(=O)(=O)c1cccs1)Nc1ccc(Cl)c(Cl)c1. The molecule has 6 nitrogen and oxygen atoms in total. The number of halogens is 2. The highest BCUT2D eigenvalue weighted by Gasteiger charge is 2.33. The van der Waals surface area contributed by atoms with Crippen molar-refractivity contribution in [3.63, 3.8) is 0 Å². The molecule has 1 fully saturated rings. The van der Waals surface area contributed by atoms with Crippen molar-refractivity contribution in [2.75, 3.05) is 18.4 Å². The first kappa shape index (κ1) is 21.4. The Morgan fingerprint density at radius 1 is 1.21 bits per heavy atom. The summed E-state index contributed by atoms with van der Waals surface area (Å²) in [6.07, 6.45) is 3.18. The molecule has 10 heteroatoms. The molecule has 1 aromatic carbocycles. The van der Waals surface area contributed by atoms with Gasteiger partial charge >= 0.3 is 6.03 Å². The molecule has 3 rings (SSSR count). The van der Waals surface area contributed by atoms with Crippen molar-refractivity contribution in [2.45, 2.75) is 35.9 Å². The lowest BCUT2D eigenvalue weighted by atomic mass is 10.0. The maximum absolute atomic E-state index is 12.9. The second kappa shape index (κ2) is 9.45. The van der Waals surface area contributed by atoms with E-state index in [4.69, 9.17) is 23.2 Å². The summed E-state index contributed by atoms with van der Waals surface area (Å²) in [5, 5.41) is 8.00. The van der Waals surface area contributed by atoms with Crippen LogP contribution < -0.4 is 10.6 Å². The van der Waals surface area contributed by atoms with Gasteiger partial charge < -0.3 is 10.6 Å². The molecule has 0 spiro atoms. The van der Waals surface area contributed by atoms with Crippen LogP contribution in [0.1, 0.15) is 25.7 Å². The Kier molecular flexibility index (Phi) is 7.22. The summed E-state index contributed by atoms with van der Waals surface area (Å²) < 4.78 is 27.7. The third kappa shape index (κ3) is 5.18. The summed E-state index contributed by atoms with van der Waals surface area (Å²) in [5.41, 5.74) is 0.534. The predicted molar refractivity (Wildman–Crippen MR) is 114 cm³/mol. The summed E-state index contributed by atoms with van der Waals surface area (Å²) in [4.78, 5) is 12.1. The zero-order chi connectivity index (χ0) is 20.1. The Bertz CT molecular complexity index is 920. The highest BCUT2D eigenvalue weighted by Crippen LogP contribution is 2.29. The van der Waals surface area contributed by atoms with Crippen LogP contribution in [0.25, 0.3) is 0 Å². The van der Waals surface area contributed by atoms with Crippen LogP contribution in [0.4, 0.5) is 10.5 Å². The average Bonchev–Trinajstić information content (AvgIpc) is 3.21. The number of rotatable bonds is 6. The molecular weight excluding hydrogens is 441 g/mol.